The molecule has 0 saturated heterocycles. The Morgan fingerprint density at radius 1 is 1.06 bits per heavy atom. The summed E-state index contributed by atoms with van der Waals surface area (Å²) in [6.45, 7) is 6.63. The maximum atomic E-state index is 13.4. The van der Waals surface area contributed by atoms with E-state index in [1.54, 1.807) is 12.1 Å². The zero-order chi connectivity index (χ0) is 26.4. The summed E-state index contributed by atoms with van der Waals surface area (Å²) >= 11 is 0. The Bertz CT molecular complexity index is 1390. The van der Waals surface area contributed by atoms with Crippen LogP contribution in [0.5, 0.6) is 5.75 Å². The molecular formula is C24H26N6O6. The van der Waals surface area contributed by atoms with Gasteiger partial charge in [0.05, 0.1) is 18.6 Å². The fourth-order valence-corrected chi connectivity index (χ4v) is 3.39. The van der Waals surface area contributed by atoms with E-state index < -0.39 is 23.2 Å². The number of amides is 1. The third kappa shape index (κ3) is 6.14. The molecule has 0 unspecified atom stereocenters. The number of nitrogens with one attached hydrogen (secondary N) is 1. The van der Waals surface area contributed by atoms with Crippen LogP contribution in [0.4, 0.5) is 17.3 Å². The zero-order valence-electron chi connectivity index (χ0n) is 20.3. The van der Waals surface area contributed by atoms with Gasteiger partial charge in [-0.15, -0.1) is 9.81 Å². The maximum absolute atomic E-state index is 13.4. The van der Waals surface area contributed by atoms with Gasteiger partial charge in [-0.2, -0.15) is 4.98 Å². The molecule has 0 fully saturated rings. The quantitative estimate of drug-likeness (QED) is 0.419. The number of benzene rings is 2. The Hall–Kier alpha value is -4.48. The number of nitrogens with zero attached hydrogens (tertiary/aromatic N) is 5. The van der Waals surface area contributed by atoms with Crippen LogP contribution in [0.15, 0.2) is 62.4 Å². The predicted octanol–water partition coefficient (Wildman–Crippen LogP) is 3.62. The molecule has 3 rings (SSSR count). The molecule has 36 heavy (non-hydrogen) atoms. The van der Waals surface area contributed by atoms with Crippen LogP contribution in [0.1, 0.15) is 31.9 Å². The Kier molecular flexibility index (Phi) is 8.20. The molecule has 0 radical (unpaired) electrons. The lowest BCUT2D eigenvalue weighted by molar-refractivity contribution is -0.121. The minimum Gasteiger partial charge on any atom is -0.489 e. The lowest BCUT2D eigenvalue weighted by atomic mass is 10.1. The summed E-state index contributed by atoms with van der Waals surface area (Å²) in [4.78, 5) is 63.7. The van der Waals surface area contributed by atoms with Gasteiger partial charge in [-0.1, -0.05) is 36.8 Å². The molecule has 0 aliphatic rings. The minimum atomic E-state index is -0.990. The van der Waals surface area contributed by atoms with Crippen LogP contribution in [0.2, 0.25) is 0 Å². The van der Waals surface area contributed by atoms with Gasteiger partial charge in [-0.25, -0.2) is 14.2 Å². The molecule has 1 aromatic heterocycles. The monoisotopic (exact) mass is 494 g/mol. The maximum Gasteiger partial charge on any atom is 0.354 e. The first-order valence-corrected chi connectivity index (χ1v) is 11.2. The third-order valence-corrected chi connectivity index (χ3v) is 5.26. The van der Waals surface area contributed by atoms with Crippen LogP contribution < -0.4 is 21.4 Å². The second-order valence-corrected chi connectivity index (χ2v) is 8.58. The van der Waals surface area contributed by atoms with E-state index >= 15 is 0 Å². The molecule has 1 amide bonds. The largest absolute Gasteiger partial charge is 0.489 e. The van der Waals surface area contributed by atoms with E-state index in [-0.39, 0.29) is 36.6 Å². The van der Waals surface area contributed by atoms with E-state index in [1.807, 2.05) is 45.0 Å². The van der Waals surface area contributed by atoms with Gasteiger partial charge < -0.3 is 10.1 Å². The lowest BCUT2D eigenvalue weighted by Gasteiger charge is -2.17. The number of aromatic nitrogens is 3. The molecule has 188 valence electrons. The van der Waals surface area contributed by atoms with E-state index in [0.29, 0.717) is 5.69 Å². The van der Waals surface area contributed by atoms with Crippen molar-refractivity contribution in [3.63, 3.8) is 0 Å². The molecule has 1 heterocycles. The SMILES string of the molecule is Cc1ccc(Cn2c(Nc3ccc(OC(C)C)c(N=O)c3)nc(=O)n(C[C@H](C)C(=O)N=O)c2=O)cc1. The lowest BCUT2D eigenvalue weighted by Crippen LogP contribution is -2.44. The molecule has 1 N–H and O–H groups in total. The summed E-state index contributed by atoms with van der Waals surface area (Å²) in [5, 5.41) is 8.27. The summed E-state index contributed by atoms with van der Waals surface area (Å²) in [5.74, 6) is -1.76. The van der Waals surface area contributed by atoms with E-state index in [2.05, 4.69) is 20.7 Å². The zero-order valence-corrected chi connectivity index (χ0v) is 20.3. The first-order valence-electron chi connectivity index (χ1n) is 11.2. The van der Waals surface area contributed by atoms with Crippen molar-refractivity contribution in [2.75, 3.05) is 5.32 Å². The van der Waals surface area contributed by atoms with Crippen LogP contribution in [-0.4, -0.2) is 26.1 Å². The molecule has 0 spiro atoms. The number of carbonyl (C=O) groups excluding carboxylic acids is 1. The molecule has 0 bridgehead atoms. The number of anilines is 2. The average molecular weight is 495 g/mol. The van der Waals surface area contributed by atoms with Crippen LogP contribution in [-0.2, 0) is 17.9 Å². The summed E-state index contributed by atoms with van der Waals surface area (Å²) in [6, 6.07) is 12.0. The highest BCUT2D eigenvalue weighted by atomic mass is 16.5. The van der Waals surface area contributed by atoms with Gasteiger partial charge in [0.1, 0.15) is 5.75 Å². The molecule has 12 nitrogen and oxygen atoms in total. The number of ether oxygens (including phenoxy) is 1. The van der Waals surface area contributed by atoms with Crippen LogP contribution in [0.3, 0.4) is 0 Å². The summed E-state index contributed by atoms with van der Waals surface area (Å²) in [6.07, 6.45) is -0.179. The highest BCUT2D eigenvalue weighted by Crippen LogP contribution is 2.32. The Morgan fingerprint density at radius 3 is 2.36 bits per heavy atom. The van der Waals surface area contributed by atoms with Gasteiger partial charge in [0.2, 0.25) is 5.95 Å². The van der Waals surface area contributed by atoms with Gasteiger partial charge in [0.25, 0.3) is 5.91 Å². The number of rotatable bonds is 10. The summed E-state index contributed by atoms with van der Waals surface area (Å²) < 4.78 is 7.58. The van der Waals surface area contributed by atoms with Crippen LogP contribution in [0.25, 0.3) is 0 Å². The highest BCUT2D eigenvalue weighted by molar-refractivity contribution is 5.78. The van der Waals surface area contributed by atoms with Crippen LogP contribution in [0, 0.1) is 22.7 Å². The summed E-state index contributed by atoms with van der Waals surface area (Å²) in [5.41, 5.74) is 0.504. The first kappa shape index (κ1) is 26.1. The molecule has 0 aliphatic carbocycles. The Balaban J connectivity index is 2.08. The van der Waals surface area contributed by atoms with Gasteiger partial charge in [-0.05, 0) is 49.7 Å². The number of carbonyl (C=O) groups is 1. The minimum absolute atomic E-state index is 0.0307. The van der Waals surface area contributed by atoms with Crippen molar-refractivity contribution in [1.82, 2.24) is 14.1 Å². The molecule has 2 aromatic carbocycles. The topological polar surface area (TPSA) is 154 Å². The van der Waals surface area contributed by atoms with E-state index in [9.17, 15) is 24.2 Å². The average Bonchev–Trinajstić information content (AvgIpc) is 2.85. The number of aryl methyl sites for hydroxylation is 1. The second kappa shape index (κ2) is 11.3. The van der Waals surface area contributed by atoms with Crippen molar-refractivity contribution in [2.45, 2.75) is 46.9 Å². The van der Waals surface area contributed by atoms with E-state index in [0.717, 1.165) is 15.7 Å². The number of hydrogen-bond donors (Lipinski definition) is 1. The van der Waals surface area contributed by atoms with E-state index in [4.69, 9.17) is 4.74 Å². The highest BCUT2D eigenvalue weighted by Gasteiger charge is 2.20. The Morgan fingerprint density at radius 2 is 1.75 bits per heavy atom. The molecule has 0 saturated carbocycles. The molecule has 1 atom stereocenters. The molecular weight excluding hydrogens is 468 g/mol. The second-order valence-electron chi connectivity index (χ2n) is 8.58. The Labute approximate surface area is 205 Å². The van der Waals surface area contributed by atoms with Crippen molar-refractivity contribution in [3.8, 4) is 5.75 Å². The number of nitroso groups, excluding NO2 is 2. The van der Waals surface area contributed by atoms with Crippen molar-refractivity contribution in [3.05, 3.63) is 84.4 Å². The number of hydrogen-bond acceptors (Lipinski definition) is 9. The fraction of sp³-hybridized carbons (Fsp3) is 0.333. The first-order chi connectivity index (χ1) is 17.1. The fourth-order valence-electron chi connectivity index (χ4n) is 3.39. The van der Waals surface area contributed by atoms with Crippen molar-refractivity contribution in [1.29, 1.82) is 0 Å². The van der Waals surface area contributed by atoms with Gasteiger partial charge in [0.15, 0.2) is 5.69 Å². The molecule has 3 aromatic rings. The normalized spacial score (nSPS) is 11.7. The van der Waals surface area contributed by atoms with Gasteiger partial charge in [0, 0.05) is 17.4 Å². The van der Waals surface area contributed by atoms with Gasteiger partial charge in [-0.3, -0.25) is 9.36 Å². The van der Waals surface area contributed by atoms with Gasteiger partial charge >= 0.3 is 11.4 Å². The van der Waals surface area contributed by atoms with E-state index in [1.165, 1.54) is 17.6 Å². The van der Waals surface area contributed by atoms with Crippen molar-refractivity contribution >= 4 is 23.2 Å². The van der Waals surface area contributed by atoms with Crippen molar-refractivity contribution in [2.24, 2.45) is 16.3 Å². The molecule has 0 aliphatic heterocycles. The molecule has 12 heteroatoms. The third-order valence-electron chi connectivity index (χ3n) is 5.26. The summed E-state index contributed by atoms with van der Waals surface area (Å²) in [7, 11) is 0. The standard InChI is InChI=1S/C24H26N6O6/c1-14(2)36-20-10-9-18(11-19(20)27-34)25-22-26-23(32)30(12-16(4)21(31)28-35)24(33)29(22)13-17-7-5-15(3)6-8-17/h5-11,14,16H,12-13H2,1-4H3,(H,25,26,32)/t16-/m0/s1. The predicted molar refractivity (Wildman–Crippen MR) is 134 cm³/mol. The van der Waals surface area contributed by atoms with Crippen molar-refractivity contribution < 1.29 is 9.53 Å². The van der Waals surface area contributed by atoms with Crippen LogP contribution >= 0.6 is 0 Å². The smallest absolute Gasteiger partial charge is 0.354 e.